The largest absolute Gasteiger partial charge is 0.370 e. The summed E-state index contributed by atoms with van der Waals surface area (Å²) in [7, 11) is 0. The Labute approximate surface area is 132 Å². The Hall–Kier alpha value is -1.07. The van der Waals surface area contributed by atoms with Gasteiger partial charge in [0.25, 0.3) is 0 Å². The lowest BCUT2D eigenvalue weighted by Gasteiger charge is -2.34. The lowest BCUT2D eigenvalue weighted by Crippen LogP contribution is -2.41. The Morgan fingerprint density at radius 2 is 2.43 bits per heavy atom. The molecule has 4 nitrogen and oxygen atoms in total. The monoisotopic (exact) mass is 308 g/mol. The number of thiophene rings is 1. The van der Waals surface area contributed by atoms with Crippen molar-refractivity contribution in [2.75, 3.05) is 26.2 Å². The fourth-order valence-corrected chi connectivity index (χ4v) is 3.48. The molecule has 0 bridgehead atoms. The third-order valence-electron chi connectivity index (χ3n) is 4.06. The van der Waals surface area contributed by atoms with Gasteiger partial charge in [0.2, 0.25) is 0 Å². The minimum atomic E-state index is 0.591. The molecule has 0 aromatic carbocycles. The molecule has 1 aliphatic rings. The zero-order valence-electron chi connectivity index (χ0n) is 13.2. The highest BCUT2D eigenvalue weighted by Crippen LogP contribution is 2.18. The summed E-state index contributed by atoms with van der Waals surface area (Å²) < 4.78 is 0. The van der Waals surface area contributed by atoms with Crippen LogP contribution in [0.2, 0.25) is 0 Å². The number of hydrogen-bond acceptors (Lipinski definition) is 3. The molecule has 2 heterocycles. The first-order chi connectivity index (χ1) is 10.1. The molecule has 1 aliphatic heterocycles. The number of likely N-dealkylation sites (tertiary alicyclic amines) is 1. The number of nitrogens with zero attached hydrogens (tertiary/aromatic N) is 2. The minimum Gasteiger partial charge on any atom is -0.370 e. The Bertz CT molecular complexity index is 427. The van der Waals surface area contributed by atoms with E-state index in [0.717, 1.165) is 26.1 Å². The maximum absolute atomic E-state index is 5.95. The van der Waals surface area contributed by atoms with Crippen LogP contribution >= 0.6 is 11.3 Å². The topological polar surface area (TPSA) is 53.6 Å². The van der Waals surface area contributed by atoms with Gasteiger partial charge in [-0.05, 0) is 57.0 Å². The van der Waals surface area contributed by atoms with Crippen molar-refractivity contribution in [2.24, 2.45) is 16.6 Å². The Kier molecular flexibility index (Phi) is 6.51. The molecule has 1 aromatic heterocycles. The van der Waals surface area contributed by atoms with Crippen LogP contribution in [0.1, 0.15) is 31.6 Å². The molecule has 0 radical (unpaired) electrons. The molecular formula is C16H28N4S. The first-order valence-corrected chi connectivity index (χ1v) is 8.83. The van der Waals surface area contributed by atoms with Gasteiger partial charge < -0.3 is 16.0 Å². The summed E-state index contributed by atoms with van der Waals surface area (Å²) in [6.07, 6.45) is 3.57. The second kappa shape index (κ2) is 8.39. The van der Waals surface area contributed by atoms with Gasteiger partial charge in [0.15, 0.2) is 5.96 Å². The molecule has 0 aliphatic carbocycles. The van der Waals surface area contributed by atoms with E-state index in [1.54, 1.807) is 11.3 Å². The summed E-state index contributed by atoms with van der Waals surface area (Å²) in [6.45, 7) is 8.63. The van der Waals surface area contributed by atoms with Crippen LogP contribution in [0, 0.1) is 5.92 Å². The van der Waals surface area contributed by atoms with Crippen molar-refractivity contribution in [2.45, 2.75) is 39.2 Å². The molecule has 2 rings (SSSR count). The van der Waals surface area contributed by atoms with Crippen LogP contribution in [0.15, 0.2) is 22.5 Å². The summed E-state index contributed by atoms with van der Waals surface area (Å²) >= 11 is 1.79. The maximum Gasteiger partial charge on any atom is 0.188 e. The van der Waals surface area contributed by atoms with E-state index in [4.69, 9.17) is 5.73 Å². The van der Waals surface area contributed by atoms with E-state index in [2.05, 4.69) is 46.6 Å². The highest BCUT2D eigenvalue weighted by atomic mass is 32.1. The first kappa shape index (κ1) is 16.3. The Morgan fingerprint density at radius 1 is 1.57 bits per heavy atom. The van der Waals surface area contributed by atoms with Gasteiger partial charge in [0.05, 0.1) is 0 Å². The van der Waals surface area contributed by atoms with E-state index in [0.29, 0.717) is 17.9 Å². The van der Waals surface area contributed by atoms with Crippen molar-refractivity contribution >= 4 is 17.3 Å². The van der Waals surface area contributed by atoms with Crippen molar-refractivity contribution in [3.05, 3.63) is 22.4 Å². The maximum atomic E-state index is 5.95. The molecule has 1 fully saturated rings. The standard InChI is InChI=1S/C16H28N4S/c1-13(2)20-9-3-5-14(12-20)11-19-16(17)18-8-7-15-6-4-10-21-15/h4,6,10,13-14H,3,5,7-9,11-12H2,1-2H3,(H3,17,18,19). The van der Waals surface area contributed by atoms with Gasteiger partial charge in [-0.15, -0.1) is 11.3 Å². The quantitative estimate of drug-likeness (QED) is 0.626. The number of hydrogen-bond donors (Lipinski definition) is 2. The Balaban J connectivity index is 1.67. The van der Waals surface area contributed by atoms with Crippen molar-refractivity contribution in [3.8, 4) is 0 Å². The third-order valence-corrected chi connectivity index (χ3v) is 4.99. The first-order valence-electron chi connectivity index (χ1n) is 7.95. The fourth-order valence-electron chi connectivity index (χ4n) is 2.77. The van der Waals surface area contributed by atoms with Crippen molar-refractivity contribution in [1.82, 2.24) is 10.2 Å². The van der Waals surface area contributed by atoms with Gasteiger partial charge in [-0.3, -0.25) is 4.99 Å². The van der Waals surface area contributed by atoms with E-state index < -0.39 is 0 Å². The number of rotatable bonds is 6. The van der Waals surface area contributed by atoms with Crippen LogP contribution < -0.4 is 11.1 Å². The predicted octanol–water partition coefficient (Wildman–Crippen LogP) is 2.32. The lowest BCUT2D eigenvalue weighted by molar-refractivity contribution is 0.143. The van der Waals surface area contributed by atoms with E-state index >= 15 is 0 Å². The van der Waals surface area contributed by atoms with E-state index in [1.807, 2.05) is 0 Å². The molecule has 1 unspecified atom stereocenters. The molecule has 3 N–H and O–H groups in total. The van der Waals surface area contributed by atoms with Crippen LogP contribution in [0.5, 0.6) is 0 Å². The van der Waals surface area contributed by atoms with E-state index in [9.17, 15) is 0 Å². The van der Waals surface area contributed by atoms with Crippen LogP contribution in [0.4, 0.5) is 0 Å². The van der Waals surface area contributed by atoms with Crippen LogP contribution in [-0.2, 0) is 6.42 Å². The molecule has 0 amide bonds. The van der Waals surface area contributed by atoms with Gasteiger partial charge in [-0.1, -0.05) is 6.07 Å². The lowest BCUT2D eigenvalue weighted by atomic mass is 9.97. The Morgan fingerprint density at radius 3 is 3.14 bits per heavy atom. The third kappa shape index (κ3) is 5.67. The number of aliphatic imine (C=N–C) groups is 1. The molecule has 118 valence electrons. The number of nitrogens with one attached hydrogen (secondary N) is 1. The van der Waals surface area contributed by atoms with Crippen LogP contribution in [-0.4, -0.2) is 43.1 Å². The van der Waals surface area contributed by atoms with Gasteiger partial charge in [-0.25, -0.2) is 0 Å². The number of guanidine groups is 1. The van der Waals surface area contributed by atoms with Crippen LogP contribution in [0.25, 0.3) is 0 Å². The normalized spacial score (nSPS) is 20.9. The van der Waals surface area contributed by atoms with Gasteiger partial charge in [-0.2, -0.15) is 0 Å². The summed E-state index contributed by atoms with van der Waals surface area (Å²) in [5, 5.41) is 5.32. The summed E-state index contributed by atoms with van der Waals surface area (Å²) in [5.41, 5.74) is 5.95. The number of piperidine rings is 1. The predicted molar refractivity (Wildman–Crippen MR) is 91.9 cm³/mol. The van der Waals surface area contributed by atoms with E-state index in [-0.39, 0.29) is 0 Å². The average Bonchev–Trinajstić information content (AvgIpc) is 2.99. The second-order valence-electron chi connectivity index (χ2n) is 6.08. The molecular weight excluding hydrogens is 280 g/mol. The fraction of sp³-hybridized carbons (Fsp3) is 0.688. The summed E-state index contributed by atoms with van der Waals surface area (Å²) in [6, 6.07) is 4.88. The molecule has 0 spiro atoms. The summed E-state index contributed by atoms with van der Waals surface area (Å²) in [5.74, 6) is 1.24. The smallest absolute Gasteiger partial charge is 0.188 e. The molecule has 5 heteroatoms. The highest BCUT2D eigenvalue weighted by Gasteiger charge is 2.21. The minimum absolute atomic E-state index is 0.591. The highest BCUT2D eigenvalue weighted by molar-refractivity contribution is 7.09. The van der Waals surface area contributed by atoms with Gasteiger partial charge in [0.1, 0.15) is 0 Å². The number of nitrogens with two attached hydrogens (primary N) is 1. The summed E-state index contributed by atoms with van der Waals surface area (Å²) in [4.78, 5) is 8.45. The van der Waals surface area contributed by atoms with Crippen LogP contribution in [0.3, 0.4) is 0 Å². The molecule has 0 saturated carbocycles. The molecule has 1 atom stereocenters. The molecule has 21 heavy (non-hydrogen) atoms. The average molecular weight is 308 g/mol. The van der Waals surface area contributed by atoms with E-state index in [1.165, 1.54) is 24.3 Å². The second-order valence-corrected chi connectivity index (χ2v) is 7.11. The van der Waals surface area contributed by atoms with Gasteiger partial charge in [0, 0.05) is 30.6 Å². The van der Waals surface area contributed by atoms with Gasteiger partial charge >= 0.3 is 0 Å². The molecule has 1 aromatic rings. The van der Waals surface area contributed by atoms with Crippen molar-refractivity contribution < 1.29 is 0 Å². The zero-order valence-corrected chi connectivity index (χ0v) is 14.0. The SMILES string of the molecule is CC(C)N1CCCC(CN=C(N)NCCc2cccs2)C1. The molecule has 1 saturated heterocycles. The zero-order chi connectivity index (χ0) is 15.1. The van der Waals surface area contributed by atoms with Crippen molar-refractivity contribution in [3.63, 3.8) is 0 Å². The van der Waals surface area contributed by atoms with Crippen molar-refractivity contribution in [1.29, 1.82) is 0 Å².